The first-order valence-corrected chi connectivity index (χ1v) is 10.1. The number of hydrogen-bond acceptors (Lipinski definition) is 3. The Morgan fingerprint density at radius 1 is 1.11 bits per heavy atom. The summed E-state index contributed by atoms with van der Waals surface area (Å²) in [6, 6.07) is 15.7. The van der Waals surface area contributed by atoms with Gasteiger partial charge in [-0.05, 0) is 67.4 Å². The van der Waals surface area contributed by atoms with Crippen LogP contribution < -0.4 is 10.1 Å². The number of benzene rings is 2. The molecule has 0 aromatic heterocycles. The van der Waals surface area contributed by atoms with Crippen LogP contribution in [0.3, 0.4) is 0 Å². The largest absolute Gasteiger partial charge is 0.497 e. The van der Waals surface area contributed by atoms with Crippen molar-refractivity contribution in [3.63, 3.8) is 0 Å². The fourth-order valence-corrected chi connectivity index (χ4v) is 3.64. The second-order valence-electron chi connectivity index (χ2n) is 7.02. The van der Waals surface area contributed by atoms with Crippen LogP contribution in [0, 0.1) is 0 Å². The standard InChI is InChI=1S/C23H27ClN2O2/c1-28-21-12-8-19(9-13-21)22(26-15-3-2-4-16-26)17-25-23(27)14-7-18-5-10-20(24)11-6-18/h5-14,22H,2-4,15-17H2,1H3,(H,25,27)/b14-7+/t22-/m0/s1. The first-order valence-electron chi connectivity index (χ1n) is 9.75. The molecule has 0 unspecified atom stereocenters. The summed E-state index contributed by atoms with van der Waals surface area (Å²) in [6.45, 7) is 2.70. The van der Waals surface area contributed by atoms with E-state index in [0.29, 0.717) is 11.6 Å². The van der Waals surface area contributed by atoms with E-state index in [-0.39, 0.29) is 11.9 Å². The van der Waals surface area contributed by atoms with Crippen molar-refractivity contribution in [2.75, 3.05) is 26.7 Å². The SMILES string of the molecule is COc1ccc([C@H](CNC(=O)/C=C/c2ccc(Cl)cc2)N2CCCCC2)cc1. The molecule has 1 amide bonds. The van der Waals surface area contributed by atoms with Gasteiger partial charge in [-0.1, -0.05) is 42.3 Å². The summed E-state index contributed by atoms with van der Waals surface area (Å²) in [4.78, 5) is 14.8. The highest BCUT2D eigenvalue weighted by atomic mass is 35.5. The first-order chi connectivity index (χ1) is 13.7. The van der Waals surface area contributed by atoms with E-state index in [1.54, 1.807) is 19.3 Å². The van der Waals surface area contributed by atoms with Crippen LogP contribution in [0.15, 0.2) is 54.6 Å². The van der Waals surface area contributed by atoms with Gasteiger partial charge in [-0.3, -0.25) is 9.69 Å². The molecule has 1 aliphatic heterocycles. The minimum atomic E-state index is -0.0922. The van der Waals surface area contributed by atoms with Crippen LogP contribution in [0.4, 0.5) is 0 Å². The van der Waals surface area contributed by atoms with E-state index in [9.17, 15) is 4.79 Å². The van der Waals surface area contributed by atoms with E-state index in [4.69, 9.17) is 16.3 Å². The van der Waals surface area contributed by atoms with Gasteiger partial charge in [0.1, 0.15) is 5.75 Å². The van der Waals surface area contributed by atoms with Crippen molar-refractivity contribution in [1.82, 2.24) is 10.2 Å². The fourth-order valence-electron chi connectivity index (χ4n) is 3.52. The lowest BCUT2D eigenvalue weighted by atomic mass is 10.0. The average Bonchev–Trinajstić information content (AvgIpc) is 2.74. The van der Waals surface area contributed by atoms with Crippen LogP contribution >= 0.6 is 11.6 Å². The third-order valence-electron chi connectivity index (χ3n) is 5.10. The van der Waals surface area contributed by atoms with Gasteiger partial charge in [-0.25, -0.2) is 0 Å². The van der Waals surface area contributed by atoms with Gasteiger partial charge in [0.15, 0.2) is 0 Å². The van der Waals surface area contributed by atoms with Crippen molar-refractivity contribution in [2.45, 2.75) is 25.3 Å². The molecule has 0 aliphatic carbocycles. The Bertz CT molecular complexity index is 781. The summed E-state index contributed by atoms with van der Waals surface area (Å²) in [5.74, 6) is 0.751. The number of hydrogen-bond donors (Lipinski definition) is 1. The zero-order valence-electron chi connectivity index (χ0n) is 16.2. The maximum Gasteiger partial charge on any atom is 0.244 e. The van der Waals surface area contributed by atoms with Crippen LogP contribution in [0.2, 0.25) is 5.02 Å². The Morgan fingerprint density at radius 2 is 1.79 bits per heavy atom. The zero-order chi connectivity index (χ0) is 19.8. The number of amides is 1. The van der Waals surface area contributed by atoms with Crippen molar-refractivity contribution in [1.29, 1.82) is 0 Å². The average molecular weight is 399 g/mol. The molecule has 1 N–H and O–H groups in total. The van der Waals surface area contributed by atoms with Crippen molar-refractivity contribution in [3.05, 3.63) is 70.8 Å². The lowest BCUT2D eigenvalue weighted by Gasteiger charge is -2.35. The third kappa shape index (κ3) is 5.85. The molecular weight excluding hydrogens is 372 g/mol. The lowest BCUT2D eigenvalue weighted by Crippen LogP contribution is -2.40. The van der Waals surface area contributed by atoms with Gasteiger partial charge >= 0.3 is 0 Å². The second-order valence-corrected chi connectivity index (χ2v) is 7.45. The molecule has 1 saturated heterocycles. The van der Waals surface area contributed by atoms with Crippen LogP contribution in [0.5, 0.6) is 5.75 Å². The van der Waals surface area contributed by atoms with Gasteiger partial charge in [0.25, 0.3) is 0 Å². The van der Waals surface area contributed by atoms with E-state index in [1.165, 1.54) is 24.8 Å². The van der Waals surface area contributed by atoms with Crippen molar-refractivity contribution in [3.8, 4) is 5.75 Å². The maximum atomic E-state index is 12.3. The molecule has 1 heterocycles. The Kier molecular flexibility index (Phi) is 7.52. The second kappa shape index (κ2) is 10.3. The number of carbonyl (C=O) groups is 1. The van der Waals surface area contributed by atoms with E-state index in [2.05, 4.69) is 22.3 Å². The van der Waals surface area contributed by atoms with Crippen LogP contribution in [-0.4, -0.2) is 37.6 Å². The van der Waals surface area contributed by atoms with Gasteiger partial charge in [-0.15, -0.1) is 0 Å². The molecule has 1 fully saturated rings. The highest BCUT2D eigenvalue weighted by Crippen LogP contribution is 2.25. The predicted octanol–water partition coefficient (Wildman–Crippen LogP) is 4.71. The molecular formula is C23H27ClN2O2. The van der Waals surface area contributed by atoms with Gasteiger partial charge in [0, 0.05) is 17.6 Å². The van der Waals surface area contributed by atoms with Gasteiger partial charge in [0.05, 0.1) is 13.2 Å². The Labute approximate surface area is 172 Å². The molecule has 5 heteroatoms. The summed E-state index contributed by atoms with van der Waals surface area (Å²) in [5, 5.41) is 3.75. The Hall–Kier alpha value is -2.30. The lowest BCUT2D eigenvalue weighted by molar-refractivity contribution is -0.116. The minimum absolute atomic E-state index is 0.0922. The van der Waals surface area contributed by atoms with Crippen LogP contribution in [0.25, 0.3) is 6.08 Å². The molecule has 2 aromatic carbocycles. The number of halogens is 1. The molecule has 0 radical (unpaired) electrons. The topological polar surface area (TPSA) is 41.6 Å². The number of nitrogens with zero attached hydrogens (tertiary/aromatic N) is 1. The highest BCUT2D eigenvalue weighted by Gasteiger charge is 2.22. The fraction of sp³-hybridized carbons (Fsp3) is 0.348. The number of likely N-dealkylation sites (tertiary alicyclic amines) is 1. The molecule has 0 bridgehead atoms. The van der Waals surface area contributed by atoms with Crippen LogP contribution in [-0.2, 0) is 4.79 Å². The molecule has 3 rings (SSSR count). The Morgan fingerprint density at radius 3 is 2.43 bits per heavy atom. The van der Waals surface area contributed by atoms with Gasteiger partial charge in [-0.2, -0.15) is 0 Å². The molecule has 28 heavy (non-hydrogen) atoms. The van der Waals surface area contributed by atoms with E-state index < -0.39 is 0 Å². The van der Waals surface area contributed by atoms with E-state index >= 15 is 0 Å². The maximum absolute atomic E-state index is 12.3. The molecule has 1 aliphatic rings. The van der Waals surface area contributed by atoms with Crippen molar-refractivity contribution < 1.29 is 9.53 Å². The molecule has 0 spiro atoms. The number of piperidine rings is 1. The smallest absolute Gasteiger partial charge is 0.244 e. The number of methoxy groups -OCH3 is 1. The first kappa shape index (κ1) is 20.4. The van der Waals surface area contributed by atoms with Gasteiger partial charge in [0.2, 0.25) is 5.91 Å². The van der Waals surface area contributed by atoms with Gasteiger partial charge < -0.3 is 10.1 Å². The molecule has 148 valence electrons. The monoisotopic (exact) mass is 398 g/mol. The normalized spacial score (nSPS) is 16.1. The summed E-state index contributed by atoms with van der Waals surface area (Å²) >= 11 is 5.89. The quantitative estimate of drug-likeness (QED) is 0.687. The van der Waals surface area contributed by atoms with Crippen molar-refractivity contribution in [2.24, 2.45) is 0 Å². The molecule has 0 saturated carbocycles. The third-order valence-corrected chi connectivity index (χ3v) is 5.35. The summed E-state index contributed by atoms with van der Waals surface area (Å²) in [7, 11) is 1.67. The number of carbonyl (C=O) groups excluding carboxylic acids is 1. The molecule has 2 aromatic rings. The summed E-state index contributed by atoms with van der Waals surface area (Å²) < 4.78 is 5.27. The number of ether oxygens (including phenoxy) is 1. The number of nitrogens with one attached hydrogen (secondary N) is 1. The summed E-state index contributed by atoms with van der Waals surface area (Å²) in [6.07, 6.45) is 7.07. The summed E-state index contributed by atoms with van der Waals surface area (Å²) in [5.41, 5.74) is 2.15. The highest BCUT2D eigenvalue weighted by molar-refractivity contribution is 6.30. The Balaban J connectivity index is 1.64. The van der Waals surface area contributed by atoms with E-state index in [1.807, 2.05) is 36.4 Å². The van der Waals surface area contributed by atoms with E-state index in [0.717, 1.165) is 24.4 Å². The minimum Gasteiger partial charge on any atom is -0.497 e. The predicted molar refractivity (Wildman–Crippen MR) is 115 cm³/mol. The number of rotatable bonds is 7. The van der Waals surface area contributed by atoms with Crippen molar-refractivity contribution >= 4 is 23.6 Å². The zero-order valence-corrected chi connectivity index (χ0v) is 17.0. The molecule has 4 nitrogen and oxygen atoms in total. The molecule has 1 atom stereocenters. The van der Waals surface area contributed by atoms with Crippen LogP contribution in [0.1, 0.15) is 36.4 Å².